The third kappa shape index (κ3) is 2.76. The first kappa shape index (κ1) is 11.9. The molecule has 0 spiro atoms. The molecule has 0 aliphatic heterocycles. The molecule has 2 heterocycles. The van der Waals surface area contributed by atoms with E-state index in [1.807, 2.05) is 0 Å². The molecule has 0 fully saturated rings. The third-order valence-electron chi connectivity index (χ3n) is 2.44. The second-order valence-corrected chi connectivity index (χ2v) is 3.74. The summed E-state index contributed by atoms with van der Waals surface area (Å²) in [6.07, 6.45) is 6.25. The molecule has 0 unspecified atom stereocenters. The third-order valence-corrected chi connectivity index (χ3v) is 2.44. The van der Waals surface area contributed by atoms with Gasteiger partial charge in [-0.3, -0.25) is 4.79 Å². The van der Waals surface area contributed by atoms with Crippen molar-refractivity contribution in [1.29, 1.82) is 0 Å². The van der Waals surface area contributed by atoms with E-state index in [2.05, 4.69) is 20.3 Å². The van der Waals surface area contributed by atoms with Gasteiger partial charge in [-0.05, 0) is 6.07 Å². The van der Waals surface area contributed by atoms with Gasteiger partial charge in [0.15, 0.2) is 0 Å². The van der Waals surface area contributed by atoms with E-state index in [4.69, 9.17) is 5.11 Å². The molecule has 1 atom stereocenters. The summed E-state index contributed by atoms with van der Waals surface area (Å²) in [6, 6.07) is 0.581. The van der Waals surface area contributed by atoms with Crippen molar-refractivity contribution in [3.05, 3.63) is 42.2 Å². The van der Waals surface area contributed by atoms with E-state index in [9.17, 15) is 9.59 Å². The van der Waals surface area contributed by atoms with Gasteiger partial charge in [0.25, 0.3) is 5.91 Å². The molecule has 1 amide bonds. The molecule has 2 aromatic rings. The molecule has 18 heavy (non-hydrogen) atoms. The fourth-order valence-corrected chi connectivity index (χ4v) is 1.52. The molecule has 0 radical (unpaired) electrons. The van der Waals surface area contributed by atoms with Crippen molar-refractivity contribution >= 4 is 11.9 Å². The van der Waals surface area contributed by atoms with Crippen molar-refractivity contribution in [3.8, 4) is 0 Å². The molecule has 2 rings (SSSR count). The number of hydrogen-bond acceptors (Lipinski definition) is 3. The Morgan fingerprint density at radius 2 is 2.33 bits per heavy atom. The van der Waals surface area contributed by atoms with Crippen LogP contribution in [0.25, 0.3) is 0 Å². The monoisotopic (exact) mass is 248 g/mol. The minimum Gasteiger partial charge on any atom is -0.480 e. The maximum atomic E-state index is 11.7. The molecule has 2 aromatic heterocycles. The van der Waals surface area contributed by atoms with Crippen LogP contribution in [0.15, 0.2) is 31.0 Å². The Labute approximate surface area is 102 Å². The van der Waals surface area contributed by atoms with Crippen molar-refractivity contribution in [2.24, 2.45) is 0 Å². The normalized spacial score (nSPS) is 12.0. The Morgan fingerprint density at radius 3 is 2.89 bits per heavy atom. The highest BCUT2D eigenvalue weighted by molar-refractivity contribution is 5.96. The summed E-state index contributed by atoms with van der Waals surface area (Å²) in [7, 11) is 0. The van der Waals surface area contributed by atoms with Crippen LogP contribution in [0, 0.1) is 0 Å². The van der Waals surface area contributed by atoms with Crippen LogP contribution in [0.4, 0.5) is 0 Å². The van der Waals surface area contributed by atoms with Gasteiger partial charge in [0, 0.05) is 30.7 Å². The van der Waals surface area contributed by atoms with Crippen molar-refractivity contribution in [2.75, 3.05) is 0 Å². The highest BCUT2D eigenvalue weighted by atomic mass is 16.4. The number of hydrogen-bond donors (Lipinski definition) is 4. The first-order valence-electron chi connectivity index (χ1n) is 5.30. The van der Waals surface area contributed by atoms with E-state index in [0.717, 1.165) is 0 Å². The van der Waals surface area contributed by atoms with Crippen LogP contribution >= 0.6 is 0 Å². The number of carboxylic acids is 1. The summed E-state index contributed by atoms with van der Waals surface area (Å²) in [5.74, 6) is -1.52. The van der Waals surface area contributed by atoms with Crippen molar-refractivity contribution < 1.29 is 14.7 Å². The predicted octanol–water partition coefficient (Wildman–Crippen LogP) is 0.163. The number of carbonyl (C=O) groups is 2. The molecule has 0 saturated heterocycles. The molecule has 0 aliphatic carbocycles. The summed E-state index contributed by atoms with van der Waals surface area (Å²) in [6.45, 7) is 0. The Bertz CT molecular complexity index is 518. The number of imidazole rings is 1. The first-order chi connectivity index (χ1) is 8.66. The largest absolute Gasteiger partial charge is 0.480 e. The van der Waals surface area contributed by atoms with Gasteiger partial charge in [-0.1, -0.05) is 0 Å². The molecular formula is C11H12N4O3. The molecule has 7 nitrogen and oxygen atoms in total. The highest BCUT2D eigenvalue weighted by Crippen LogP contribution is 2.02. The average molecular weight is 248 g/mol. The molecule has 0 aromatic carbocycles. The van der Waals surface area contributed by atoms with Crippen molar-refractivity contribution in [3.63, 3.8) is 0 Å². The topological polar surface area (TPSA) is 111 Å². The van der Waals surface area contributed by atoms with E-state index in [-0.39, 0.29) is 6.42 Å². The lowest BCUT2D eigenvalue weighted by atomic mass is 10.1. The second-order valence-electron chi connectivity index (χ2n) is 3.74. The quantitative estimate of drug-likeness (QED) is 0.604. The van der Waals surface area contributed by atoms with Crippen LogP contribution in [0.2, 0.25) is 0 Å². The SMILES string of the molecule is O=C(N[C@@H](Cc1cnc[nH]1)C(=O)O)c1cc[nH]c1. The number of amides is 1. The Balaban J connectivity index is 2.03. The Kier molecular flexibility index (Phi) is 3.42. The van der Waals surface area contributed by atoms with Gasteiger partial charge in [-0.2, -0.15) is 0 Å². The maximum absolute atomic E-state index is 11.7. The molecule has 4 N–H and O–H groups in total. The number of H-pyrrole nitrogens is 2. The molecule has 0 bridgehead atoms. The summed E-state index contributed by atoms with van der Waals surface area (Å²) in [4.78, 5) is 32.1. The Hall–Kier alpha value is -2.57. The second kappa shape index (κ2) is 5.17. The molecule has 7 heteroatoms. The van der Waals surface area contributed by atoms with Crippen LogP contribution in [0.3, 0.4) is 0 Å². The molecule has 94 valence electrons. The van der Waals surface area contributed by atoms with Crippen LogP contribution in [0.1, 0.15) is 16.1 Å². The van der Waals surface area contributed by atoms with E-state index >= 15 is 0 Å². The zero-order valence-corrected chi connectivity index (χ0v) is 9.38. The molecule has 0 aliphatic rings. The van der Waals surface area contributed by atoms with Crippen LogP contribution in [-0.4, -0.2) is 38.0 Å². The number of carbonyl (C=O) groups excluding carboxylic acids is 1. The standard InChI is InChI=1S/C11H12N4O3/c16-10(7-1-2-12-4-7)15-9(11(17)18)3-8-5-13-6-14-8/h1-2,4-6,9,12H,3H2,(H,13,14)(H,15,16)(H,17,18)/t9-/m0/s1. The van der Waals surface area contributed by atoms with Crippen molar-refractivity contribution in [2.45, 2.75) is 12.5 Å². The minimum absolute atomic E-state index is 0.158. The summed E-state index contributed by atoms with van der Waals surface area (Å²) in [5.41, 5.74) is 1.04. The number of aliphatic carboxylic acids is 1. The lowest BCUT2D eigenvalue weighted by Crippen LogP contribution is -2.42. The molecule has 0 saturated carbocycles. The van der Waals surface area contributed by atoms with Gasteiger partial charge in [0.05, 0.1) is 11.9 Å². The predicted molar refractivity (Wildman–Crippen MR) is 62.0 cm³/mol. The fraction of sp³-hybridized carbons (Fsp3) is 0.182. The fourth-order valence-electron chi connectivity index (χ4n) is 1.52. The van der Waals surface area contributed by atoms with Gasteiger partial charge in [0.2, 0.25) is 0 Å². The lowest BCUT2D eigenvalue weighted by Gasteiger charge is -2.12. The summed E-state index contributed by atoms with van der Waals surface area (Å²) < 4.78 is 0. The zero-order chi connectivity index (χ0) is 13.0. The average Bonchev–Trinajstić information content (AvgIpc) is 3.00. The van der Waals surface area contributed by atoms with Crippen LogP contribution in [-0.2, 0) is 11.2 Å². The van der Waals surface area contributed by atoms with E-state index in [1.54, 1.807) is 12.3 Å². The van der Waals surface area contributed by atoms with Gasteiger partial charge >= 0.3 is 5.97 Å². The van der Waals surface area contributed by atoms with E-state index < -0.39 is 17.9 Å². The number of nitrogens with zero attached hydrogens (tertiary/aromatic N) is 1. The van der Waals surface area contributed by atoms with E-state index in [1.165, 1.54) is 18.7 Å². The van der Waals surface area contributed by atoms with Gasteiger partial charge in [-0.25, -0.2) is 9.78 Å². The zero-order valence-electron chi connectivity index (χ0n) is 9.38. The first-order valence-corrected chi connectivity index (χ1v) is 5.30. The lowest BCUT2D eigenvalue weighted by molar-refractivity contribution is -0.139. The van der Waals surface area contributed by atoms with Gasteiger partial charge in [0.1, 0.15) is 6.04 Å². The highest BCUT2D eigenvalue weighted by Gasteiger charge is 2.21. The smallest absolute Gasteiger partial charge is 0.326 e. The number of rotatable bonds is 5. The Morgan fingerprint density at radius 1 is 1.50 bits per heavy atom. The number of nitrogens with one attached hydrogen (secondary N) is 3. The summed E-state index contributed by atoms with van der Waals surface area (Å²) >= 11 is 0. The van der Waals surface area contributed by atoms with Crippen LogP contribution < -0.4 is 5.32 Å². The van der Waals surface area contributed by atoms with Crippen LogP contribution in [0.5, 0.6) is 0 Å². The van der Waals surface area contributed by atoms with E-state index in [0.29, 0.717) is 11.3 Å². The number of aromatic nitrogens is 3. The number of carboxylic acid groups (broad SMARTS) is 1. The van der Waals surface area contributed by atoms with Gasteiger partial charge < -0.3 is 20.4 Å². The molecular weight excluding hydrogens is 236 g/mol. The number of aromatic amines is 2. The minimum atomic E-state index is -1.09. The van der Waals surface area contributed by atoms with Gasteiger partial charge in [-0.15, -0.1) is 0 Å². The van der Waals surface area contributed by atoms with Crippen molar-refractivity contribution in [1.82, 2.24) is 20.3 Å². The maximum Gasteiger partial charge on any atom is 0.326 e. The summed E-state index contributed by atoms with van der Waals surface area (Å²) in [5, 5.41) is 11.5.